The fourth-order valence-corrected chi connectivity index (χ4v) is 3.35. The van der Waals surface area contributed by atoms with Crippen LogP contribution in [0.2, 0.25) is 0 Å². The molecule has 0 bridgehead atoms. The van der Waals surface area contributed by atoms with E-state index in [1.165, 1.54) is 6.54 Å². The number of halogens is 1. The highest BCUT2D eigenvalue weighted by Crippen LogP contribution is 2.26. The van der Waals surface area contributed by atoms with Gasteiger partial charge < -0.3 is 9.32 Å². The molecule has 3 rings (SSSR count). The van der Waals surface area contributed by atoms with E-state index in [1.54, 1.807) is 0 Å². The molecule has 0 atom stereocenters. The van der Waals surface area contributed by atoms with Crippen LogP contribution in [0.5, 0.6) is 0 Å². The molecule has 1 aliphatic rings. The highest BCUT2D eigenvalue weighted by atomic mass is 79.9. The number of nitrogens with zero attached hydrogens (tertiary/aromatic N) is 4. The molecule has 0 spiro atoms. The van der Waals surface area contributed by atoms with Gasteiger partial charge in [0.1, 0.15) is 0 Å². The molecule has 1 saturated heterocycles. The van der Waals surface area contributed by atoms with Crippen molar-refractivity contribution < 1.29 is 4.42 Å². The second kappa shape index (κ2) is 7.55. The van der Waals surface area contributed by atoms with E-state index < -0.39 is 0 Å². The molecule has 5 nitrogen and oxygen atoms in total. The summed E-state index contributed by atoms with van der Waals surface area (Å²) < 4.78 is 6.81. The second-order valence-corrected chi connectivity index (χ2v) is 7.31. The second-order valence-electron chi connectivity index (χ2n) is 6.45. The third-order valence-electron chi connectivity index (χ3n) is 4.02. The van der Waals surface area contributed by atoms with Gasteiger partial charge in [0.05, 0.1) is 12.1 Å². The summed E-state index contributed by atoms with van der Waals surface area (Å²) in [6.45, 7) is 10.8. The number of hydrogen-bond acceptors (Lipinski definition) is 5. The number of aromatic nitrogens is 2. The van der Waals surface area contributed by atoms with E-state index in [1.807, 2.05) is 24.3 Å². The van der Waals surface area contributed by atoms with Gasteiger partial charge in [0.2, 0.25) is 11.8 Å². The van der Waals surface area contributed by atoms with Crippen molar-refractivity contribution in [2.45, 2.75) is 20.4 Å². The first-order valence-electron chi connectivity index (χ1n) is 8.14. The lowest BCUT2D eigenvalue weighted by molar-refractivity contribution is 0.110. The van der Waals surface area contributed by atoms with E-state index in [4.69, 9.17) is 4.42 Å². The Hall–Kier alpha value is -1.24. The zero-order valence-electron chi connectivity index (χ0n) is 13.7. The summed E-state index contributed by atoms with van der Waals surface area (Å²) in [5, 5.41) is 8.39. The van der Waals surface area contributed by atoms with Crippen LogP contribution in [-0.2, 0) is 6.54 Å². The van der Waals surface area contributed by atoms with Crippen LogP contribution in [0.1, 0.15) is 19.7 Å². The van der Waals surface area contributed by atoms with Crippen LogP contribution in [-0.4, -0.2) is 52.7 Å². The summed E-state index contributed by atoms with van der Waals surface area (Å²) in [6.07, 6.45) is 0. The largest absolute Gasteiger partial charge is 0.419 e. The molecule has 1 aliphatic heterocycles. The zero-order valence-corrected chi connectivity index (χ0v) is 15.3. The highest BCUT2D eigenvalue weighted by molar-refractivity contribution is 9.10. The van der Waals surface area contributed by atoms with Gasteiger partial charge >= 0.3 is 0 Å². The maximum Gasteiger partial charge on any atom is 0.248 e. The quantitative estimate of drug-likeness (QED) is 0.798. The Kier molecular flexibility index (Phi) is 5.46. The van der Waals surface area contributed by atoms with Gasteiger partial charge in [0, 0.05) is 37.2 Å². The average molecular weight is 379 g/mol. The molecule has 1 aromatic heterocycles. The van der Waals surface area contributed by atoms with E-state index in [-0.39, 0.29) is 0 Å². The number of hydrogen-bond donors (Lipinski definition) is 0. The van der Waals surface area contributed by atoms with E-state index in [0.29, 0.717) is 11.8 Å². The van der Waals surface area contributed by atoms with Crippen molar-refractivity contribution in [3.63, 3.8) is 0 Å². The lowest BCUT2D eigenvalue weighted by Gasteiger charge is -2.34. The smallest absolute Gasteiger partial charge is 0.248 e. The lowest BCUT2D eigenvalue weighted by atomic mass is 10.2. The standard InChI is InChI=1S/C17H23BrN4O/c1-13(2)11-21-7-9-22(10-8-21)12-16-19-20-17(23-16)14-5-3-4-6-15(14)18/h3-6,13H,7-12H2,1-2H3. The van der Waals surface area contributed by atoms with Gasteiger partial charge in [-0.15, -0.1) is 10.2 Å². The minimum atomic E-state index is 0.575. The molecular formula is C17H23BrN4O. The Labute approximate surface area is 145 Å². The van der Waals surface area contributed by atoms with E-state index in [9.17, 15) is 0 Å². The third-order valence-corrected chi connectivity index (χ3v) is 4.71. The van der Waals surface area contributed by atoms with E-state index >= 15 is 0 Å². The first-order valence-corrected chi connectivity index (χ1v) is 8.93. The Morgan fingerprint density at radius 2 is 1.78 bits per heavy atom. The van der Waals surface area contributed by atoms with Crippen molar-refractivity contribution in [3.8, 4) is 11.5 Å². The van der Waals surface area contributed by atoms with Crippen molar-refractivity contribution in [2.24, 2.45) is 5.92 Å². The molecule has 0 amide bonds. The Balaban J connectivity index is 1.57. The van der Waals surface area contributed by atoms with Crippen LogP contribution in [0, 0.1) is 5.92 Å². The van der Waals surface area contributed by atoms with Crippen molar-refractivity contribution in [2.75, 3.05) is 32.7 Å². The van der Waals surface area contributed by atoms with Gasteiger partial charge in [0.25, 0.3) is 0 Å². The summed E-state index contributed by atoms with van der Waals surface area (Å²) in [7, 11) is 0. The van der Waals surface area contributed by atoms with Crippen LogP contribution in [0.4, 0.5) is 0 Å². The monoisotopic (exact) mass is 378 g/mol. The van der Waals surface area contributed by atoms with Gasteiger partial charge in [-0.25, -0.2) is 0 Å². The van der Waals surface area contributed by atoms with Crippen LogP contribution in [0.25, 0.3) is 11.5 Å². The van der Waals surface area contributed by atoms with Crippen LogP contribution < -0.4 is 0 Å². The van der Waals surface area contributed by atoms with Gasteiger partial charge in [-0.2, -0.15) is 0 Å². The molecule has 0 unspecified atom stereocenters. The van der Waals surface area contributed by atoms with Gasteiger partial charge in [-0.3, -0.25) is 4.90 Å². The number of piperazine rings is 1. The fraction of sp³-hybridized carbons (Fsp3) is 0.529. The van der Waals surface area contributed by atoms with Crippen molar-refractivity contribution in [3.05, 3.63) is 34.6 Å². The maximum atomic E-state index is 5.84. The number of rotatable bonds is 5. The van der Waals surface area contributed by atoms with Crippen LogP contribution in [0.15, 0.2) is 33.2 Å². The molecule has 0 saturated carbocycles. The predicted molar refractivity (Wildman–Crippen MR) is 94.0 cm³/mol. The molecular weight excluding hydrogens is 356 g/mol. The molecule has 6 heteroatoms. The van der Waals surface area contributed by atoms with Gasteiger partial charge in [0.15, 0.2) is 0 Å². The SMILES string of the molecule is CC(C)CN1CCN(Cc2nnc(-c3ccccc3Br)o2)CC1. The molecule has 2 heterocycles. The molecule has 23 heavy (non-hydrogen) atoms. The topological polar surface area (TPSA) is 45.4 Å². The van der Waals surface area contributed by atoms with Gasteiger partial charge in [-0.05, 0) is 34.0 Å². The molecule has 0 radical (unpaired) electrons. The summed E-state index contributed by atoms with van der Waals surface area (Å²) in [4.78, 5) is 4.91. The van der Waals surface area contributed by atoms with E-state index in [0.717, 1.165) is 48.7 Å². The Bertz CT molecular complexity index is 635. The molecule has 1 aromatic carbocycles. The summed E-state index contributed by atoms with van der Waals surface area (Å²) >= 11 is 3.52. The summed E-state index contributed by atoms with van der Waals surface area (Å²) in [6, 6.07) is 7.90. The molecule has 2 aromatic rings. The minimum absolute atomic E-state index is 0.575. The molecule has 0 aliphatic carbocycles. The zero-order chi connectivity index (χ0) is 16.2. The van der Waals surface area contributed by atoms with Gasteiger partial charge in [-0.1, -0.05) is 26.0 Å². The van der Waals surface area contributed by atoms with Crippen LogP contribution >= 0.6 is 15.9 Å². The van der Waals surface area contributed by atoms with E-state index in [2.05, 4.69) is 49.8 Å². The Morgan fingerprint density at radius 1 is 1.09 bits per heavy atom. The average Bonchev–Trinajstić information content (AvgIpc) is 2.97. The number of benzene rings is 1. The summed E-state index contributed by atoms with van der Waals surface area (Å²) in [5.74, 6) is 1.99. The fourth-order valence-electron chi connectivity index (χ4n) is 2.90. The highest BCUT2D eigenvalue weighted by Gasteiger charge is 2.20. The minimum Gasteiger partial charge on any atom is -0.419 e. The first-order chi connectivity index (χ1) is 11.1. The lowest BCUT2D eigenvalue weighted by Crippen LogP contribution is -2.46. The molecule has 124 valence electrons. The Morgan fingerprint density at radius 3 is 2.48 bits per heavy atom. The normalized spacial score (nSPS) is 17.0. The van der Waals surface area contributed by atoms with Crippen molar-refractivity contribution in [1.29, 1.82) is 0 Å². The third kappa shape index (κ3) is 4.40. The first kappa shape index (κ1) is 16.6. The molecule has 0 N–H and O–H groups in total. The van der Waals surface area contributed by atoms with Crippen LogP contribution in [0.3, 0.4) is 0 Å². The maximum absolute atomic E-state index is 5.84. The molecule has 1 fully saturated rings. The van der Waals surface area contributed by atoms with Crippen molar-refractivity contribution in [1.82, 2.24) is 20.0 Å². The predicted octanol–water partition coefficient (Wildman–Crippen LogP) is 3.27. The van der Waals surface area contributed by atoms with Crippen molar-refractivity contribution >= 4 is 15.9 Å². The summed E-state index contributed by atoms with van der Waals surface area (Å²) in [5.41, 5.74) is 0.938.